The van der Waals surface area contributed by atoms with E-state index < -0.39 is 23.2 Å². The Bertz CT molecular complexity index is 306. The molecule has 0 saturated heterocycles. The summed E-state index contributed by atoms with van der Waals surface area (Å²) in [5, 5.41) is 11.5. The van der Waals surface area contributed by atoms with Gasteiger partial charge in [0.25, 0.3) is 0 Å². The molecule has 98 valence electrons. The van der Waals surface area contributed by atoms with Crippen LogP contribution in [-0.2, 0) is 9.53 Å². The van der Waals surface area contributed by atoms with E-state index in [0.717, 1.165) is 0 Å². The summed E-state index contributed by atoms with van der Waals surface area (Å²) in [5.74, 6) is -1.09. The van der Waals surface area contributed by atoms with E-state index in [1.165, 1.54) is 6.92 Å². The van der Waals surface area contributed by atoms with E-state index >= 15 is 0 Å². The molecule has 0 aliphatic heterocycles. The lowest BCUT2D eigenvalue weighted by Crippen LogP contribution is -2.53. The summed E-state index contributed by atoms with van der Waals surface area (Å²) in [6.07, 6.45) is 1.65. The van der Waals surface area contributed by atoms with Gasteiger partial charge in [0, 0.05) is 0 Å². The van der Waals surface area contributed by atoms with E-state index in [4.69, 9.17) is 9.84 Å². The van der Waals surface area contributed by atoms with E-state index in [-0.39, 0.29) is 6.42 Å². The Labute approximate surface area is 102 Å². The van der Waals surface area contributed by atoms with Crippen molar-refractivity contribution in [1.82, 2.24) is 5.32 Å². The summed E-state index contributed by atoms with van der Waals surface area (Å²) in [6.45, 7) is 10.1. The van der Waals surface area contributed by atoms with Gasteiger partial charge in [0.05, 0.1) is 0 Å². The van der Waals surface area contributed by atoms with Gasteiger partial charge in [-0.05, 0) is 40.5 Å². The van der Waals surface area contributed by atoms with Crippen molar-refractivity contribution in [2.75, 3.05) is 0 Å². The zero-order chi connectivity index (χ0) is 13.7. The minimum atomic E-state index is -1.34. The number of aliphatic carboxylic acids is 1. The Morgan fingerprint density at radius 1 is 1.35 bits per heavy atom. The van der Waals surface area contributed by atoms with Crippen LogP contribution in [0.1, 0.15) is 40.5 Å². The molecule has 0 aromatic rings. The van der Waals surface area contributed by atoms with Crippen LogP contribution in [0.15, 0.2) is 12.7 Å². The Kier molecular flexibility index (Phi) is 5.19. The molecule has 0 heterocycles. The highest BCUT2D eigenvalue weighted by atomic mass is 16.6. The number of carbonyl (C=O) groups is 2. The molecule has 1 amide bonds. The minimum Gasteiger partial charge on any atom is -0.480 e. The maximum Gasteiger partial charge on any atom is 0.408 e. The van der Waals surface area contributed by atoms with Gasteiger partial charge in [0.2, 0.25) is 0 Å². The van der Waals surface area contributed by atoms with Crippen LogP contribution >= 0.6 is 0 Å². The zero-order valence-electron chi connectivity index (χ0n) is 10.9. The van der Waals surface area contributed by atoms with Crippen molar-refractivity contribution in [2.24, 2.45) is 0 Å². The Balaban J connectivity index is 4.60. The average Bonchev–Trinajstić information content (AvgIpc) is 2.11. The van der Waals surface area contributed by atoms with Crippen molar-refractivity contribution < 1.29 is 19.4 Å². The lowest BCUT2D eigenvalue weighted by atomic mass is 9.96. The third kappa shape index (κ3) is 5.94. The lowest BCUT2D eigenvalue weighted by Gasteiger charge is -2.28. The van der Waals surface area contributed by atoms with Gasteiger partial charge < -0.3 is 15.2 Å². The van der Waals surface area contributed by atoms with Crippen molar-refractivity contribution in [3.8, 4) is 0 Å². The standard InChI is InChI=1S/C12H21NO4/c1-6-7-8-12(5,9(14)15)13-10(16)17-11(2,3)4/h6H,1,7-8H2,2-5H3,(H,13,16)(H,14,15). The lowest BCUT2D eigenvalue weighted by molar-refractivity contribution is -0.144. The molecule has 0 bridgehead atoms. The quantitative estimate of drug-likeness (QED) is 0.726. The number of alkyl carbamates (subject to hydrolysis) is 1. The van der Waals surface area contributed by atoms with Gasteiger partial charge in [-0.3, -0.25) is 0 Å². The van der Waals surface area contributed by atoms with Crippen molar-refractivity contribution in [3.63, 3.8) is 0 Å². The van der Waals surface area contributed by atoms with Crippen LogP contribution in [0.25, 0.3) is 0 Å². The van der Waals surface area contributed by atoms with Gasteiger partial charge in [0.15, 0.2) is 0 Å². The Morgan fingerprint density at radius 3 is 2.24 bits per heavy atom. The number of carbonyl (C=O) groups excluding carboxylic acids is 1. The number of nitrogens with one attached hydrogen (secondary N) is 1. The van der Waals surface area contributed by atoms with Crippen LogP contribution in [0.3, 0.4) is 0 Å². The van der Waals surface area contributed by atoms with Crippen LogP contribution in [0.5, 0.6) is 0 Å². The van der Waals surface area contributed by atoms with E-state index in [9.17, 15) is 9.59 Å². The van der Waals surface area contributed by atoms with Gasteiger partial charge in [-0.15, -0.1) is 6.58 Å². The third-order valence-electron chi connectivity index (χ3n) is 2.10. The molecular weight excluding hydrogens is 222 g/mol. The molecule has 0 rings (SSSR count). The van der Waals surface area contributed by atoms with E-state index in [0.29, 0.717) is 6.42 Å². The monoisotopic (exact) mass is 243 g/mol. The number of rotatable bonds is 5. The number of hydrogen-bond acceptors (Lipinski definition) is 3. The SMILES string of the molecule is C=CCCC(C)(NC(=O)OC(C)(C)C)C(=O)O. The van der Waals surface area contributed by atoms with Gasteiger partial charge >= 0.3 is 12.1 Å². The highest BCUT2D eigenvalue weighted by Gasteiger charge is 2.35. The zero-order valence-corrected chi connectivity index (χ0v) is 10.9. The molecule has 1 unspecified atom stereocenters. The largest absolute Gasteiger partial charge is 0.480 e. The summed E-state index contributed by atoms with van der Waals surface area (Å²) in [6, 6.07) is 0. The molecule has 5 heteroatoms. The highest BCUT2D eigenvalue weighted by molar-refractivity contribution is 5.83. The van der Waals surface area contributed by atoms with Crippen LogP contribution in [0.4, 0.5) is 4.79 Å². The molecule has 0 aliphatic rings. The smallest absolute Gasteiger partial charge is 0.408 e. The topological polar surface area (TPSA) is 75.6 Å². The molecule has 0 aromatic carbocycles. The van der Waals surface area contributed by atoms with E-state index in [2.05, 4.69) is 11.9 Å². The summed E-state index contributed by atoms with van der Waals surface area (Å²) < 4.78 is 5.02. The first-order chi connectivity index (χ1) is 7.60. The van der Waals surface area contributed by atoms with Crippen molar-refractivity contribution in [1.29, 1.82) is 0 Å². The second-order valence-electron chi connectivity index (χ2n) is 5.09. The number of amides is 1. The first-order valence-corrected chi connectivity index (χ1v) is 5.46. The number of carboxylic acid groups (broad SMARTS) is 1. The molecular formula is C12H21NO4. The summed E-state index contributed by atoms with van der Waals surface area (Å²) in [4.78, 5) is 22.6. The second-order valence-corrected chi connectivity index (χ2v) is 5.09. The summed E-state index contributed by atoms with van der Waals surface area (Å²) in [7, 11) is 0. The molecule has 2 N–H and O–H groups in total. The van der Waals surface area contributed by atoms with Crippen LogP contribution in [0, 0.1) is 0 Å². The minimum absolute atomic E-state index is 0.269. The molecule has 0 saturated carbocycles. The third-order valence-corrected chi connectivity index (χ3v) is 2.10. The van der Waals surface area contributed by atoms with Gasteiger partial charge in [0.1, 0.15) is 11.1 Å². The van der Waals surface area contributed by atoms with E-state index in [1.807, 2.05) is 0 Å². The molecule has 0 aliphatic carbocycles. The predicted octanol–water partition coefficient (Wildman–Crippen LogP) is 2.32. The van der Waals surface area contributed by atoms with Crippen molar-refractivity contribution in [3.05, 3.63) is 12.7 Å². The van der Waals surface area contributed by atoms with Crippen LogP contribution < -0.4 is 5.32 Å². The fraction of sp³-hybridized carbons (Fsp3) is 0.667. The molecule has 1 atom stereocenters. The fourth-order valence-corrected chi connectivity index (χ4v) is 1.14. The molecule has 5 nitrogen and oxygen atoms in total. The molecule has 0 fully saturated rings. The number of hydrogen-bond donors (Lipinski definition) is 2. The van der Waals surface area contributed by atoms with E-state index in [1.54, 1.807) is 26.8 Å². The highest BCUT2D eigenvalue weighted by Crippen LogP contribution is 2.15. The van der Waals surface area contributed by atoms with Crippen LogP contribution in [0.2, 0.25) is 0 Å². The molecule has 0 aromatic heterocycles. The maximum atomic E-state index is 11.5. The van der Waals surface area contributed by atoms with Crippen molar-refractivity contribution >= 4 is 12.1 Å². The fourth-order valence-electron chi connectivity index (χ4n) is 1.14. The van der Waals surface area contributed by atoms with Crippen LogP contribution in [-0.4, -0.2) is 28.3 Å². The summed E-state index contributed by atoms with van der Waals surface area (Å²) in [5.41, 5.74) is -1.99. The number of ether oxygens (including phenoxy) is 1. The Morgan fingerprint density at radius 2 is 1.88 bits per heavy atom. The second kappa shape index (κ2) is 5.70. The van der Waals surface area contributed by atoms with Crippen molar-refractivity contribution in [2.45, 2.75) is 51.7 Å². The first kappa shape index (κ1) is 15.5. The first-order valence-electron chi connectivity index (χ1n) is 5.46. The average molecular weight is 243 g/mol. The molecule has 0 spiro atoms. The van der Waals surface area contributed by atoms with Gasteiger partial charge in [-0.1, -0.05) is 6.08 Å². The predicted molar refractivity (Wildman–Crippen MR) is 64.8 cm³/mol. The maximum absolute atomic E-state index is 11.5. The molecule has 0 radical (unpaired) electrons. The molecule has 17 heavy (non-hydrogen) atoms. The number of allylic oxidation sites excluding steroid dienone is 1. The normalized spacial score (nSPS) is 14.6. The van der Waals surface area contributed by atoms with Gasteiger partial charge in [-0.2, -0.15) is 0 Å². The Hall–Kier alpha value is -1.52. The number of carboxylic acids is 1. The summed E-state index contributed by atoms with van der Waals surface area (Å²) >= 11 is 0. The van der Waals surface area contributed by atoms with Gasteiger partial charge in [-0.25, -0.2) is 9.59 Å².